The Morgan fingerprint density at radius 1 is 1.28 bits per heavy atom. The first-order valence-corrected chi connectivity index (χ1v) is 6.41. The van der Waals surface area contributed by atoms with Gasteiger partial charge in [0.05, 0.1) is 0 Å². The molecule has 0 aliphatic heterocycles. The Hall–Kier alpha value is -1.35. The van der Waals surface area contributed by atoms with Crippen LogP contribution in [0.1, 0.15) is 30.0 Å². The highest BCUT2D eigenvalue weighted by molar-refractivity contribution is 5.93. The van der Waals surface area contributed by atoms with Crippen molar-refractivity contribution in [3.8, 4) is 0 Å². The summed E-state index contributed by atoms with van der Waals surface area (Å²) in [7, 11) is 1.84. The maximum atomic E-state index is 12.1. The molecule has 3 nitrogen and oxygen atoms in total. The van der Waals surface area contributed by atoms with E-state index in [1.807, 2.05) is 20.0 Å². The van der Waals surface area contributed by atoms with Crippen molar-refractivity contribution in [3.05, 3.63) is 28.8 Å². The lowest BCUT2D eigenvalue weighted by atomic mass is 10.0. The van der Waals surface area contributed by atoms with Crippen molar-refractivity contribution in [2.75, 3.05) is 18.5 Å². The standard InChI is InChI=1S/C15H24N2O/c1-10(9-16)8-15(18)17(5)14-7-6-11(2)12(3)13(14)4/h6-7,10H,8-9,16H2,1-5H3. The molecule has 0 bridgehead atoms. The van der Waals surface area contributed by atoms with Crippen LogP contribution in [0.25, 0.3) is 0 Å². The summed E-state index contributed by atoms with van der Waals surface area (Å²) < 4.78 is 0. The Balaban J connectivity index is 2.94. The molecule has 0 heterocycles. The molecule has 1 aromatic rings. The SMILES string of the molecule is Cc1ccc(N(C)C(=O)CC(C)CN)c(C)c1C. The summed E-state index contributed by atoms with van der Waals surface area (Å²) in [5.41, 5.74) is 10.2. The van der Waals surface area contributed by atoms with Gasteiger partial charge in [-0.2, -0.15) is 0 Å². The summed E-state index contributed by atoms with van der Waals surface area (Å²) in [6.45, 7) is 8.79. The van der Waals surface area contributed by atoms with E-state index < -0.39 is 0 Å². The van der Waals surface area contributed by atoms with Gasteiger partial charge in [0, 0.05) is 19.2 Å². The van der Waals surface area contributed by atoms with Crippen molar-refractivity contribution < 1.29 is 4.79 Å². The van der Waals surface area contributed by atoms with Crippen molar-refractivity contribution in [2.24, 2.45) is 11.7 Å². The van der Waals surface area contributed by atoms with Crippen LogP contribution in [-0.4, -0.2) is 19.5 Å². The van der Waals surface area contributed by atoms with Crippen LogP contribution in [-0.2, 0) is 4.79 Å². The van der Waals surface area contributed by atoms with Gasteiger partial charge in [0.1, 0.15) is 0 Å². The topological polar surface area (TPSA) is 46.3 Å². The largest absolute Gasteiger partial charge is 0.330 e. The first-order valence-electron chi connectivity index (χ1n) is 6.41. The zero-order valence-electron chi connectivity index (χ0n) is 12.1. The predicted molar refractivity (Wildman–Crippen MR) is 76.9 cm³/mol. The van der Waals surface area contributed by atoms with E-state index in [1.165, 1.54) is 16.7 Å². The average Bonchev–Trinajstić information content (AvgIpc) is 2.35. The summed E-state index contributed by atoms with van der Waals surface area (Å²) in [5.74, 6) is 0.353. The third-order valence-corrected chi connectivity index (χ3v) is 3.69. The van der Waals surface area contributed by atoms with Crippen LogP contribution >= 0.6 is 0 Å². The molecular formula is C15H24N2O. The summed E-state index contributed by atoms with van der Waals surface area (Å²) >= 11 is 0. The lowest BCUT2D eigenvalue weighted by Crippen LogP contribution is -2.30. The minimum absolute atomic E-state index is 0.124. The van der Waals surface area contributed by atoms with Crippen LogP contribution < -0.4 is 10.6 Å². The van der Waals surface area contributed by atoms with E-state index >= 15 is 0 Å². The fourth-order valence-corrected chi connectivity index (χ4v) is 1.96. The Labute approximate surface area is 110 Å². The van der Waals surface area contributed by atoms with E-state index in [9.17, 15) is 4.79 Å². The second-order valence-corrected chi connectivity index (χ2v) is 5.15. The Morgan fingerprint density at radius 2 is 1.89 bits per heavy atom. The predicted octanol–water partition coefficient (Wildman–Crippen LogP) is 2.56. The number of hydrogen-bond acceptors (Lipinski definition) is 2. The molecule has 1 atom stereocenters. The van der Waals surface area contributed by atoms with E-state index in [-0.39, 0.29) is 11.8 Å². The molecule has 18 heavy (non-hydrogen) atoms. The van der Waals surface area contributed by atoms with Gasteiger partial charge in [0.25, 0.3) is 0 Å². The monoisotopic (exact) mass is 248 g/mol. The first kappa shape index (κ1) is 14.7. The fourth-order valence-electron chi connectivity index (χ4n) is 1.96. The van der Waals surface area contributed by atoms with Gasteiger partial charge in [-0.1, -0.05) is 13.0 Å². The number of benzene rings is 1. The third kappa shape index (κ3) is 3.10. The molecule has 1 amide bonds. The zero-order chi connectivity index (χ0) is 13.9. The number of amides is 1. The van der Waals surface area contributed by atoms with Crippen LogP contribution in [0.4, 0.5) is 5.69 Å². The maximum Gasteiger partial charge on any atom is 0.227 e. The number of nitrogens with zero attached hydrogens (tertiary/aromatic N) is 1. The molecule has 0 fully saturated rings. The minimum Gasteiger partial charge on any atom is -0.330 e. The maximum absolute atomic E-state index is 12.1. The molecule has 100 valence electrons. The normalized spacial score (nSPS) is 12.3. The quantitative estimate of drug-likeness (QED) is 0.890. The lowest BCUT2D eigenvalue weighted by Gasteiger charge is -2.22. The summed E-state index contributed by atoms with van der Waals surface area (Å²) in [6, 6.07) is 4.08. The van der Waals surface area contributed by atoms with Crippen molar-refractivity contribution in [2.45, 2.75) is 34.1 Å². The highest BCUT2D eigenvalue weighted by atomic mass is 16.2. The number of nitrogens with two attached hydrogens (primary N) is 1. The van der Waals surface area contributed by atoms with Crippen LogP contribution in [0, 0.1) is 26.7 Å². The number of aryl methyl sites for hydroxylation is 1. The Kier molecular flexibility index (Phi) is 4.91. The number of carbonyl (C=O) groups excluding carboxylic acids is 1. The molecule has 1 rings (SSSR count). The molecule has 0 saturated carbocycles. The number of anilines is 1. The van der Waals surface area contributed by atoms with Gasteiger partial charge < -0.3 is 10.6 Å². The molecule has 2 N–H and O–H groups in total. The van der Waals surface area contributed by atoms with E-state index in [1.54, 1.807) is 4.90 Å². The fraction of sp³-hybridized carbons (Fsp3) is 0.533. The molecule has 0 aromatic heterocycles. The molecule has 0 spiro atoms. The molecule has 3 heteroatoms. The Bertz CT molecular complexity index is 440. The van der Waals surface area contributed by atoms with Gasteiger partial charge in [-0.15, -0.1) is 0 Å². The molecule has 0 radical (unpaired) electrons. The summed E-state index contributed by atoms with van der Waals surface area (Å²) in [6.07, 6.45) is 0.499. The molecule has 0 aliphatic carbocycles. The van der Waals surface area contributed by atoms with Gasteiger partial charge in [-0.3, -0.25) is 4.79 Å². The molecular weight excluding hydrogens is 224 g/mol. The third-order valence-electron chi connectivity index (χ3n) is 3.69. The van der Waals surface area contributed by atoms with E-state index in [2.05, 4.69) is 26.8 Å². The zero-order valence-corrected chi connectivity index (χ0v) is 12.1. The second kappa shape index (κ2) is 6.01. The number of hydrogen-bond donors (Lipinski definition) is 1. The van der Waals surface area contributed by atoms with Crippen molar-refractivity contribution in [1.82, 2.24) is 0 Å². The van der Waals surface area contributed by atoms with Gasteiger partial charge in [0.2, 0.25) is 5.91 Å². The van der Waals surface area contributed by atoms with Gasteiger partial charge >= 0.3 is 0 Å². The van der Waals surface area contributed by atoms with Gasteiger partial charge in [0.15, 0.2) is 0 Å². The van der Waals surface area contributed by atoms with Crippen LogP contribution in [0.5, 0.6) is 0 Å². The summed E-state index contributed by atoms with van der Waals surface area (Å²) in [5, 5.41) is 0. The highest BCUT2D eigenvalue weighted by Crippen LogP contribution is 2.25. The van der Waals surface area contributed by atoms with Crippen LogP contribution in [0.15, 0.2) is 12.1 Å². The highest BCUT2D eigenvalue weighted by Gasteiger charge is 2.16. The summed E-state index contributed by atoms with van der Waals surface area (Å²) in [4.78, 5) is 13.9. The molecule has 0 saturated heterocycles. The van der Waals surface area contributed by atoms with Crippen LogP contribution in [0.2, 0.25) is 0 Å². The average molecular weight is 248 g/mol. The first-order chi connectivity index (χ1) is 8.38. The van der Waals surface area contributed by atoms with Gasteiger partial charge in [-0.05, 0) is 56.0 Å². The second-order valence-electron chi connectivity index (χ2n) is 5.15. The van der Waals surface area contributed by atoms with Gasteiger partial charge in [-0.25, -0.2) is 0 Å². The van der Waals surface area contributed by atoms with E-state index in [4.69, 9.17) is 5.73 Å². The number of rotatable bonds is 4. The molecule has 1 unspecified atom stereocenters. The number of carbonyl (C=O) groups is 1. The lowest BCUT2D eigenvalue weighted by molar-refractivity contribution is -0.119. The van der Waals surface area contributed by atoms with Crippen molar-refractivity contribution in [3.63, 3.8) is 0 Å². The molecule has 0 aliphatic rings. The van der Waals surface area contributed by atoms with E-state index in [0.29, 0.717) is 13.0 Å². The van der Waals surface area contributed by atoms with Crippen LogP contribution in [0.3, 0.4) is 0 Å². The minimum atomic E-state index is 0.124. The Morgan fingerprint density at radius 3 is 2.44 bits per heavy atom. The van der Waals surface area contributed by atoms with E-state index in [0.717, 1.165) is 5.69 Å². The van der Waals surface area contributed by atoms with Crippen molar-refractivity contribution >= 4 is 11.6 Å². The molecule has 1 aromatic carbocycles. The van der Waals surface area contributed by atoms with Crippen molar-refractivity contribution in [1.29, 1.82) is 0 Å². The smallest absolute Gasteiger partial charge is 0.227 e.